The van der Waals surface area contributed by atoms with Crippen molar-refractivity contribution in [1.82, 2.24) is 4.98 Å². The number of sulfonamides is 1. The Morgan fingerprint density at radius 1 is 1.03 bits per heavy atom. The molecule has 0 amide bonds. The summed E-state index contributed by atoms with van der Waals surface area (Å²) < 4.78 is 38.0. The lowest BCUT2D eigenvalue weighted by Gasteiger charge is -2.08. The number of para-hydroxylation sites is 1. The van der Waals surface area contributed by atoms with E-state index in [0.717, 1.165) is 4.88 Å². The van der Waals surface area contributed by atoms with E-state index in [1.165, 1.54) is 41.9 Å². The highest BCUT2D eigenvalue weighted by Crippen LogP contribution is 2.24. The summed E-state index contributed by atoms with van der Waals surface area (Å²) in [5.41, 5.74) is 1.17. The number of benzene rings is 2. The molecule has 0 atom stereocenters. The van der Waals surface area contributed by atoms with Crippen LogP contribution in [0.5, 0.6) is 0 Å². The number of carbonyl (C=O) groups excluding carboxylic acids is 1. The zero-order valence-corrected chi connectivity index (χ0v) is 17.2. The molecule has 2 aromatic carbocycles. The third-order valence-electron chi connectivity index (χ3n) is 4.06. The molecule has 9 heteroatoms. The number of nitrogens with one attached hydrogen (secondary N) is 1. The molecule has 2 aromatic heterocycles. The van der Waals surface area contributed by atoms with Gasteiger partial charge in [0.05, 0.1) is 15.3 Å². The van der Waals surface area contributed by atoms with Crippen LogP contribution >= 0.6 is 11.3 Å². The van der Waals surface area contributed by atoms with Crippen LogP contribution in [0.3, 0.4) is 0 Å². The molecule has 152 valence electrons. The summed E-state index contributed by atoms with van der Waals surface area (Å²) >= 11 is 1.50. The molecule has 7 nitrogen and oxygen atoms in total. The molecule has 0 unspecified atom stereocenters. The molecule has 0 aliphatic heterocycles. The first kappa shape index (κ1) is 19.9. The molecule has 0 bridgehead atoms. The number of oxazole rings is 1. The normalized spacial score (nSPS) is 11.2. The molecule has 0 saturated heterocycles. The van der Waals surface area contributed by atoms with Crippen molar-refractivity contribution in [3.05, 3.63) is 89.6 Å². The predicted molar refractivity (Wildman–Crippen MR) is 113 cm³/mol. The molecule has 4 aromatic rings. The van der Waals surface area contributed by atoms with Crippen molar-refractivity contribution < 1.29 is 22.4 Å². The average Bonchev–Trinajstić information content (AvgIpc) is 3.44. The van der Waals surface area contributed by atoms with Gasteiger partial charge >= 0.3 is 5.97 Å². The maximum Gasteiger partial charge on any atom is 0.338 e. The van der Waals surface area contributed by atoms with Crippen molar-refractivity contribution >= 4 is 33.0 Å². The summed E-state index contributed by atoms with van der Waals surface area (Å²) in [4.78, 5) is 17.5. The Morgan fingerprint density at radius 2 is 1.80 bits per heavy atom. The van der Waals surface area contributed by atoms with E-state index in [2.05, 4.69) is 9.71 Å². The van der Waals surface area contributed by atoms with Crippen LogP contribution in [-0.4, -0.2) is 19.4 Å². The van der Waals surface area contributed by atoms with E-state index in [0.29, 0.717) is 17.3 Å². The first-order chi connectivity index (χ1) is 14.5. The summed E-state index contributed by atoms with van der Waals surface area (Å²) in [5.74, 6) is -0.118. The van der Waals surface area contributed by atoms with Crippen molar-refractivity contribution in [2.45, 2.75) is 11.5 Å². The summed E-state index contributed by atoms with van der Waals surface area (Å²) in [7, 11) is -3.75. The van der Waals surface area contributed by atoms with Gasteiger partial charge in [0.25, 0.3) is 10.0 Å². The number of esters is 1. The largest absolute Gasteiger partial charge is 0.455 e. The minimum absolute atomic E-state index is 0.0417. The predicted octanol–water partition coefficient (Wildman–Crippen LogP) is 4.56. The lowest BCUT2D eigenvalue weighted by molar-refractivity contribution is 0.0467. The van der Waals surface area contributed by atoms with Gasteiger partial charge in [-0.05, 0) is 47.8 Å². The van der Waals surface area contributed by atoms with Crippen molar-refractivity contribution in [2.24, 2.45) is 0 Å². The molecular formula is C21H16N2O5S2. The third-order valence-corrected chi connectivity index (χ3v) is 6.32. The molecule has 0 aliphatic rings. The van der Waals surface area contributed by atoms with Gasteiger partial charge < -0.3 is 9.15 Å². The van der Waals surface area contributed by atoms with E-state index in [-0.39, 0.29) is 17.1 Å². The van der Waals surface area contributed by atoms with Crippen molar-refractivity contribution in [2.75, 3.05) is 4.72 Å². The Hall–Kier alpha value is -3.43. The molecular weight excluding hydrogens is 424 g/mol. The molecule has 1 N–H and O–H groups in total. The van der Waals surface area contributed by atoms with E-state index in [4.69, 9.17) is 9.15 Å². The van der Waals surface area contributed by atoms with Crippen molar-refractivity contribution in [3.63, 3.8) is 0 Å². The molecule has 0 aliphatic carbocycles. The maximum absolute atomic E-state index is 12.4. The molecule has 4 rings (SSSR count). The quantitative estimate of drug-likeness (QED) is 0.423. The fourth-order valence-corrected chi connectivity index (χ4v) is 4.31. The summed E-state index contributed by atoms with van der Waals surface area (Å²) in [6.45, 7) is -0.0523. The van der Waals surface area contributed by atoms with Crippen LogP contribution in [0.1, 0.15) is 16.1 Å². The van der Waals surface area contributed by atoms with Crippen molar-refractivity contribution in [1.29, 1.82) is 0 Å². The molecule has 0 radical (unpaired) electrons. The standard InChI is InChI=1S/C21H16N2O5S2/c24-21(28-14-17-13-27-20(22-17)19-7-4-12-29-19)15-8-10-18(11-9-15)30(25,26)23-16-5-2-1-3-6-16/h1-13,23H,14H2. The zero-order valence-electron chi connectivity index (χ0n) is 15.5. The fourth-order valence-electron chi connectivity index (χ4n) is 2.60. The first-order valence-electron chi connectivity index (χ1n) is 8.84. The van der Waals surface area contributed by atoms with Crippen LogP contribution in [0.2, 0.25) is 0 Å². The van der Waals surface area contributed by atoms with Crippen LogP contribution < -0.4 is 4.72 Å². The fraction of sp³-hybridized carbons (Fsp3) is 0.0476. The number of thiophene rings is 1. The lowest BCUT2D eigenvalue weighted by Crippen LogP contribution is -2.13. The highest BCUT2D eigenvalue weighted by Gasteiger charge is 2.16. The smallest absolute Gasteiger partial charge is 0.338 e. The SMILES string of the molecule is O=C(OCc1coc(-c2cccs2)n1)c1ccc(S(=O)(=O)Nc2ccccc2)cc1. The molecule has 0 saturated carbocycles. The molecule has 2 heterocycles. The van der Waals surface area contributed by atoms with Crippen LogP contribution in [0.15, 0.2) is 87.7 Å². The number of rotatable bonds is 7. The molecule has 30 heavy (non-hydrogen) atoms. The Kier molecular flexibility index (Phi) is 5.64. The van der Waals surface area contributed by atoms with E-state index in [1.807, 2.05) is 17.5 Å². The minimum Gasteiger partial charge on any atom is -0.455 e. The first-order valence-corrected chi connectivity index (χ1v) is 11.2. The van der Waals surface area contributed by atoms with E-state index < -0.39 is 16.0 Å². The highest BCUT2D eigenvalue weighted by molar-refractivity contribution is 7.92. The van der Waals surface area contributed by atoms with Crippen molar-refractivity contribution in [3.8, 4) is 10.8 Å². The van der Waals surface area contributed by atoms with E-state index >= 15 is 0 Å². The van der Waals surface area contributed by atoms with Gasteiger partial charge in [-0.1, -0.05) is 24.3 Å². The number of hydrogen-bond acceptors (Lipinski definition) is 7. The minimum atomic E-state index is -3.75. The van der Waals surface area contributed by atoms with Gasteiger partial charge in [0, 0.05) is 5.69 Å². The highest BCUT2D eigenvalue weighted by atomic mass is 32.2. The van der Waals surface area contributed by atoms with Crippen LogP contribution in [-0.2, 0) is 21.4 Å². The van der Waals surface area contributed by atoms with Crippen LogP contribution in [0, 0.1) is 0 Å². The van der Waals surface area contributed by atoms with E-state index in [9.17, 15) is 13.2 Å². The maximum atomic E-state index is 12.4. The van der Waals surface area contributed by atoms with Gasteiger partial charge in [0.15, 0.2) is 0 Å². The third kappa shape index (κ3) is 4.58. The van der Waals surface area contributed by atoms with Gasteiger partial charge in [0.1, 0.15) is 18.6 Å². The second-order valence-electron chi connectivity index (χ2n) is 6.19. The Morgan fingerprint density at radius 3 is 2.50 bits per heavy atom. The Labute approximate surface area is 177 Å². The van der Waals surface area contributed by atoms with Gasteiger partial charge in [-0.2, -0.15) is 0 Å². The topological polar surface area (TPSA) is 98.5 Å². The number of hydrogen-bond donors (Lipinski definition) is 1. The summed E-state index contributed by atoms with van der Waals surface area (Å²) in [5, 5.41) is 1.92. The number of anilines is 1. The number of carbonyl (C=O) groups is 1. The lowest BCUT2D eigenvalue weighted by atomic mass is 10.2. The zero-order chi connectivity index (χ0) is 21.0. The Bertz CT molecular complexity index is 1230. The second kappa shape index (κ2) is 8.52. The number of ether oxygens (including phenoxy) is 1. The number of aromatic nitrogens is 1. The van der Waals surface area contributed by atoms with Gasteiger partial charge in [-0.15, -0.1) is 11.3 Å². The molecule has 0 spiro atoms. The number of nitrogens with zero attached hydrogens (tertiary/aromatic N) is 1. The Balaban J connectivity index is 1.38. The second-order valence-corrected chi connectivity index (χ2v) is 8.82. The van der Waals surface area contributed by atoms with Gasteiger partial charge in [-0.3, -0.25) is 4.72 Å². The van der Waals surface area contributed by atoms with Gasteiger partial charge in [0.2, 0.25) is 5.89 Å². The average molecular weight is 441 g/mol. The monoisotopic (exact) mass is 440 g/mol. The summed E-state index contributed by atoms with van der Waals surface area (Å²) in [6.07, 6.45) is 1.44. The van der Waals surface area contributed by atoms with E-state index in [1.54, 1.807) is 30.3 Å². The van der Waals surface area contributed by atoms with Crippen LogP contribution in [0.4, 0.5) is 5.69 Å². The van der Waals surface area contributed by atoms with Crippen LogP contribution in [0.25, 0.3) is 10.8 Å². The van der Waals surface area contributed by atoms with Gasteiger partial charge in [-0.25, -0.2) is 18.2 Å². The summed E-state index contributed by atoms with van der Waals surface area (Å²) in [6, 6.07) is 17.8. The molecule has 0 fully saturated rings.